The first-order valence-corrected chi connectivity index (χ1v) is 8.63. The Morgan fingerprint density at radius 2 is 1.67 bits per heavy atom. The predicted octanol–water partition coefficient (Wildman–Crippen LogP) is 5.59. The number of halogens is 1. The molecule has 0 heterocycles. The fourth-order valence-electron chi connectivity index (χ4n) is 3.22. The van der Waals surface area contributed by atoms with Crippen LogP contribution in [0.2, 0.25) is 0 Å². The van der Waals surface area contributed by atoms with Crippen molar-refractivity contribution >= 4 is 10.8 Å². The summed E-state index contributed by atoms with van der Waals surface area (Å²) in [5.41, 5.74) is 3.32. The quantitative estimate of drug-likeness (QED) is 0.559. The molecule has 24 heavy (non-hydrogen) atoms. The number of hydrogen-bond donors (Lipinski definition) is 1. The summed E-state index contributed by atoms with van der Waals surface area (Å²) in [4.78, 5) is 0. The molecule has 0 aromatic heterocycles. The van der Waals surface area contributed by atoms with Crippen molar-refractivity contribution in [3.05, 3.63) is 83.4 Å². The predicted molar refractivity (Wildman–Crippen MR) is 99.9 cm³/mol. The van der Waals surface area contributed by atoms with Gasteiger partial charge in [-0.25, -0.2) is 4.39 Å². The molecule has 1 atom stereocenters. The first kappa shape index (κ1) is 16.7. The highest BCUT2D eigenvalue weighted by Gasteiger charge is 2.08. The molecule has 0 aliphatic heterocycles. The molecule has 0 unspecified atom stereocenters. The van der Waals surface area contributed by atoms with Crippen LogP contribution in [0.1, 0.15) is 36.1 Å². The molecule has 0 saturated heterocycles. The molecule has 0 saturated carbocycles. The van der Waals surface area contributed by atoms with Gasteiger partial charge in [0, 0.05) is 6.04 Å². The first-order chi connectivity index (χ1) is 11.8. The van der Waals surface area contributed by atoms with E-state index in [2.05, 4.69) is 60.8 Å². The van der Waals surface area contributed by atoms with Crippen LogP contribution in [0.25, 0.3) is 10.8 Å². The highest BCUT2D eigenvalue weighted by atomic mass is 19.1. The van der Waals surface area contributed by atoms with E-state index in [-0.39, 0.29) is 6.67 Å². The number of rotatable bonds is 7. The molecule has 0 spiro atoms. The molecule has 0 aliphatic rings. The lowest BCUT2D eigenvalue weighted by atomic mass is 9.99. The van der Waals surface area contributed by atoms with Crippen LogP contribution in [0.4, 0.5) is 4.39 Å². The maximum absolute atomic E-state index is 12.7. The lowest BCUT2D eigenvalue weighted by molar-refractivity contribution is 0.485. The highest BCUT2D eigenvalue weighted by molar-refractivity contribution is 5.86. The van der Waals surface area contributed by atoms with Gasteiger partial charge in [-0.15, -0.1) is 0 Å². The zero-order valence-electron chi connectivity index (χ0n) is 14.1. The molecule has 1 N–H and O–H groups in total. The molecular weight excluding hydrogens is 297 g/mol. The van der Waals surface area contributed by atoms with Crippen molar-refractivity contribution in [1.29, 1.82) is 0 Å². The molecule has 0 radical (unpaired) electrons. The molecule has 0 fully saturated rings. The van der Waals surface area contributed by atoms with Crippen LogP contribution >= 0.6 is 0 Å². The SMILES string of the molecule is C[C@@H](NCCCc1cccc(CF)c1)c1cccc2ccccc12. The molecule has 0 bridgehead atoms. The van der Waals surface area contributed by atoms with Crippen molar-refractivity contribution in [2.75, 3.05) is 6.54 Å². The highest BCUT2D eigenvalue weighted by Crippen LogP contribution is 2.24. The van der Waals surface area contributed by atoms with Crippen LogP contribution in [0.5, 0.6) is 0 Å². The fraction of sp³-hybridized carbons (Fsp3) is 0.273. The molecule has 3 aromatic rings. The minimum Gasteiger partial charge on any atom is -0.310 e. The molecule has 1 nitrogen and oxygen atoms in total. The van der Waals surface area contributed by atoms with Crippen molar-refractivity contribution < 1.29 is 4.39 Å². The van der Waals surface area contributed by atoms with E-state index >= 15 is 0 Å². The largest absolute Gasteiger partial charge is 0.310 e. The molecule has 0 aliphatic carbocycles. The molecular formula is C22H24FN. The van der Waals surface area contributed by atoms with Crippen LogP contribution in [-0.4, -0.2) is 6.54 Å². The summed E-state index contributed by atoms with van der Waals surface area (Å²) in [6, 6.07) is 23.1. The minimum absolute atomic E-state index is 0.313. The number of benzene rings is 3. The van der Waals surface area contributed by atoms with Crippen LogP contribution in [0.3, 0.4) is 0 Å². The number of nitrogens with one attached hydrogen (secondary N) is 1. The summed E-state index contributed by atoms with van der Waals surface area (Å²) in [5, 5.41) is 6.22. The van der Waals surface area contributed by atoms with E-state index in [0.29, 0.717) is 6.04 Å². The fourth-order valence-corrected chi connectivity index (χ4v) is 3.22. The molecule has 124 valence electrons. The minimum atomic E-state index is -0.385. The Balaban J connectivity index is 1.56. The normalized spacial score (nSPS) is 12.4. The van der Waals surface area contributed by atoms with Gasteiger partial charge >= 0.3 is 0 Å². The van der Waals surface area contributed by atoms with Crippen molar-refractivity contribution in [3.8, 4) is 0 Å². The standard InChI is InChI=1S/C22H24FN/c1-17(21-13-5-11-20-10-2-3-12-22(20)21)24-14-6-9-18-7-4-8-19(15-18)16-23/h2-5,7-8,10-13,15,17,24H,6,9,14,16H2,1H3/t17-/m1/s1. The first-order valence-electron chi connectivity index (χ1n) is 8.63. The maximum atomic E-state index is 12.7. The molecule has 0 amide bonds. The average Bonchev–Trinajstić information content (AvgIpc) is 2.64. The Bertz CT molecular complexity index is 791. The van der Waals surface area contributed by atoms with Gasteiger partial charge in [-0.3, -0.25) is 0 Å². The van der Waals surface area contributed by atoms with Crippen LogP contribution < -0.4 is 5.32 Å². The van der Waals surface area contributed by atoms with Crippen LogP contribution in [0.15, 0.2) is 66.7 Å². The van der Waals surface area contributed by atoms with Gasteiger partial charge < -0.3 is 5.32 Å². The summed E-state index contributed by atoms with van der Waals surface area (Å²) >= 11 is 0. The number of fused-ring (bicyclic) bond motifs is 1. The number of aryl methyl sites for hydroxylation is 1. The van der Waals surface area contributed by atoms with Gasteiger partial charge in [0.25, 0.3) is 0 Å². The topological polar surface area (TPSA) is 12.0 Å². The molecule has 3 aromatic carbocycles. The maximum Gasteiger partial charge on any atom is 0.115 e. The van der Waals surface area contributed by atoms with E-state index in [1.807, 2.05) is 18.2 Å². The van der Waals surface area contributed by atoms with Crippen molar-refractivity contribution in [2.45, 2.75) is 32.5 Å². The van der Waals surface area contributed by atoms with Crippen LogP contribution in [0, 0.1) is 0 Å². The van der Waals surface area contributed by atoms with E-state index in [0.717, 1.165) is 24.9 Å². The molecule has 3 rings (SSSR count). The van der Waals surface area contributed by atoms with Gasteiger partial charge in [0.1, 0.15) is 6.67 Å². The second-order valence-corrected chi connectivity index (χ2v) is 6.30. The van der Waals surface area contributed by atoms with Gasteiger partial charge in [-0.05, 0) is 53.8 Å². The van der Waals surface area contributed by atoms with E-state index < -0.39 is 0 Å². The number of hydrogen-bond acceptors (Lipinski definition) is 1. The summed E-state index contributed by atoms with van der Waals surface area (Å²) in [7, 11) is 0. The summed E-state index contributed by atoms with van der Waals surface area (Å²) < 4.78 is 12.7. The smallest absolute Gasteiger partial charge is 0.115 e. The Morgan fingerprint density at radius 1 is 0.917 bits per heavy atom. The third-order valence-corrected chi connectivity index (χ3v) is 4.53. The summed E-state index contributed by atoms with van der Waals surface area (Å²) in [6.45, 7) is 2.78. The van der Waals surface area contributed by atoms with E-state index in [1.165, 1.54) is 21.9 Å². The van der Waals surface area contributed by atoms with Crippen LogP contribution in [-0.2, 0) is 13.1 Å². The van der Waals surface area contributed by atoms with E-state index in [9.17, 15) is 4.39 Å². The van der Waals surface area contributed by atoms with Gasteiger partial charge in [-0.2, -0.15) is 0 Å². The average molecular weight is 321 g/mol. The van der Waals surface area contributed by atoms with E-state index in [4.69, 9.17) is 0 Å². The second kappa shape index (κ2) is 8.07. The Kier molecular flexibility index (Phi) is 5.60. The van der Waals surface area contributed by atoms with Crippen molar-refractivity contribution in [1.82, 2.24) is 5.32 Å². The van der Waals surface area contributed by atoms with Gasteiger partial charge in [0.05, 0.1) is 0 Å². The monoisotopic (exact) mass is 321 g/mol. The second-order valence-electron chi connectivity index (χ2n) is 6.30. The van der Waals surface area contributed by atoms with E-state index in [1.54, 1.807) is 0 Å². The van der Waals surface area contributed by atoms with Gasteiger partial charge in [0.2, 0.25) is 0 Å². The summed E-state index contributed by atoms with van der Waals surface area (Å²) in [6.07, 6.45) is 2.02. The van der Waals surface area contributed by atoms with Crippen molar-refractivity contribution in [3.63, 3.8) is 0 Å². The Labute approximate surface area is 143 Å². The lowest BCUT2D eigenvalue weighted by Crippen LogP contribution is -2.20. The number of alkyl halides is 1. The Hall–Kier alpha value is -2.19. The Morgan fingerprint density at radius 3 is 2.54 bits per heavy atom. The zero-order valence-corrected chi connectivity index (χ0v) is 14.1. The van der Waals surface area contributed by atoms with Gasteiger partial charge in [-0.1, -0.05) is 66.7 Å². The zero-order chi connectivity index (χ0) is 16.8. The lowest BCUT2D eigenvalue weighted by Gasteiger charge is -2.16. The van der Waals surface area contributed by atoms with Crippen molar-refractivity contribution in [2.24, 2.45) is 0 Å². The third-order valence-electron chi connectivity index (χ3n) is 4.53. The van der Waals surface area contributed by atoms with Gasteiger partial charge in [0.15, 0.2) is 0 Å². The third kappa shape index (κ3) is 4.01. The summed E-state index contributed by atoms with van der Waals surface area (Å²) in [5.74, 6) is 0. The molecule has 2 heteroatoms.